The van der Waals surface area contributed by atoms with E-state index in [1.807, 2.05) is 54.6 Å². The molecule has 0 amide bonds. The van der Waals surface area contributed by atoms with Gasteiger partial charge in [-0.3, -0.25) is 4.79 Å². The molecule has 2 heterocycles. The first-order valence-corrected chi connectivity index (χ1v) is 7.85. The largest absolute Gasteiger partial charge is 0.470 e. The lowest BCUT2D eigenvalue weighted by molar-refractivity contribution is -0.136. The molecule has 24 heavy (non-hydrogen) atoms. The molecule has 5 heteroatoms. The third kappa shape index (κ3) is 2.21. The van der Waals surface area contributed by atoms with Crippen LogP contribution in [0.5, 0.6) is 0 Å². The van der Waals surface area contributed by atoms with Gasteiger partial charge in [0.1, 0.15) is 0 Å². The molecule has 0 radical (unpaired) electrons. The number of rotatable bonds is 2. The molecular formula is C19H17NO4. The Hall–Kier alpha value is -2.63. The van der Waals surface area contributed by atoms with Crippen molar-refractivity contribution < 1.29 is 19.7 Å². The lowest BCUT2D eigenvalue weighted by atomic mass is 9.78. The topological polar surface area (TPSA) is 78.8 Å². The lowest BCUT2D eigenvalue weighted by Crippen LogP contribution is -2.46. The van der Waals surface area contributed by atoms with Crippen LogP contribution in [0.15, 0.2) is 66.1 Å². The van der Waals surface area contributed by atoms with Crippen LogP contribution in [0.3, 0.4) is 0 Å². The van der Waals surface area contributed by atoms with Gasteiger partial charge in [-0.15, -0.1) is 0 Å². The molecule has 4 rings (SSSR count). The zero-order valence-electron chi connectivity index (χ0n) is 12.8. The fourth-order valence-electron chi connectivity index (χ4n) is 3.36. The minimum Gasteiger partial charge on any atom is -0.470 e. The minimum absolute atomic E-state index is 0.317. The number of para-hydroxylation sites is 1. The summed E-state index contributed by atoms with van der Waals surface area (Å²) in [5.41, 5.74) is 3.16. The number of hydrogen-bond donors (Lipinski definition) is 3. The molecule has 0 aromatic heterocycles. The molecule has 2 aliphatic heterocycles. The Kier molecular flexibility index (Phi) is 3.59. The zero-order chi connectivity index (χ0) is 16.7. The van der Waals surface area contributed by atoms with Crippen LogP contribution in [-0.4, -0.2) is 34.8 Å². The number of carbonyl (C=O) groups excluding carboxylic acids is 1. The van der Waals surface area contributed by atoms with Crippen LogP contribution in [0.25, 0.3) is 0 Å². The molecule has 0 unspecified atom stereocenters. The summed E-state index contributed by atoms with van der Waals surface area (Å²) in [6.07, 6.45) is -2.32. The molecule has 0 saturated carbocycles. The van der Waals surface area contributed by atoms with E-state index in [-0.39, 0.29) is 5.92 Å². The Bertz CT molecular complexity index is 815. The molecule has 0 bridgehead atoms. The zero-order valence-corrected chi connectivity index (χ0v) is 12.8. The van der Waals surface area contributed by atoms with Crippen molar-refractivity contribution in [3.63, 3.8) is 0 Å². The molecule has 122 valence electrons. The Labute approximate surface area is 139 Å². The van der Waals surface area contributed by atoms with Crippen LogP contribution in [0.1, 0.15) is 17.0 Å². The van der Waals surface area contributed by atoms with E-state index in [4.69, 9.17) is 4.74 Å². The summed E-state index contributed by atoms with van der Waals surface area (Å²) in [6, 6.07) is 17.4. The van der Waals surface area contributed by atoms with E-state index < -0.39 is 24.6 Å². The quantitative estimate of drug-likeness (QED) is 0.785. The predicted octanol–water partition coefficient (Wildman–Crippen LogP) is 1.78. The second kappa shape index (κ2) is 5.78. The Morgan fingerprint density at radius 1 is 1.04 bits per heavy atom. The number of carbonyl (C=O) groups is 1. The molecular weight excluding hydrogens is 306 g/mol. The molecule has 2 aliphatic rings. The average Bonchev–Trinajstić information content (AvgIpc) is 2.63. The van der Waals surface area contributed by atoms with Crippen molar-refractivity contribution >= 4 is 11.5 Å². The lowest BCUT2D eigenvalue weighted by Gasteiger charge is -2.37. The summed E-state index contributed by atoms with van der Waals surface area (Å²) < 4.78 is 5.68. The molecule has 0 fully saturated rings. The van der Waals surface area contributed by atoms with E-state index in [0.717, 1.165) is 16.8 Å². The maximum Gasteiger partial charge on any atom is 0.199 e. The van der Waals surface area contributed by atoms with Gasteiger partial charge >= 0.3 is 0 Å². The van der Waals surface area contributed by atoms with Crippen LogP contribution in [0, 0.1) is 0 Å². The van der Waals surface area contributed by atoms with E-state index in [0.29, 0.717) is 11.5 Å². The fraction of sp³-hybridized carbons (Fsp3) is 0.211. The number of nitrogens with one attached hydrogen (secondary N) is 1. The summed E-state index contributed by atoms with van der Waals surface area (Å²) in [4.78, 5) is 12.8. The van der Waals surface area contributed by atoms with E-state index in [1.54, 1.807) is 0 Å². The van der Waals surface area contributed by atoms with Gasteiger partial charge in [0.05, 0.1) is 12.2 Å². The molecule has 0 aliphatic carbocycles. The Morgan fingerprint density at radius 3 is 2.50 bits per heavy atom. The first kappa shape index (κ1) is 14.9. The van der Waals surface area contributed by atoms with Gasteiger partial charge in [0, 0.05) is 11.6 Å². The van der Waals surface area contributed by atoms with Gasteiger partial charge in [-0.05, 0) is 17.2 Å². The molecule has 5 nitrogen and oxygen atoms in total. The number of hydrogen-bond acceptors (Lipinski definition) is 5. The monoisotopic (exact) mass is 323 g/mol. The number of anilines is 1. The SMILES string of the molecule is O=C1C2=C(Nc3ccccc3[C@@H]2c2ccccc2)O[C@H](CO)[C@H]1O. The average molecular weight is 323 g/mol. The van der Waals surface area contributed by atoms with E-state index in [2.05, 4.69) is 5.32 Å². The van der Waals surface area contributed by atoms with Crippen molar-refractivity contribution in [2.45, 2.75) is 18.1 Å². The van der Waals surface area contributed by atoms with Crippen molar-refractivity contribution in [3.8, 4) is 0 Å². The number of aliphatic hydroxyl groups is 2. The predicted molar refractivity (Wildman–Crippen MR) is 88.3 cm³/mol. The molecule has 2 aromatic rings. The number of aliphatic hydroxyl groups excluding tert-OH is 2. The number of ketones is 1. The summed E-state index contributed by atoms with van der Waals surface area (Å²) in [7, 11) is 0. The van der Waals surface area contributed by atoms with Crippen molar-refractivity contribution in [1.29, 1.82) is 0 Å². The van der Waals surface area contributed by atoms with Crippen LogP contribution in [0.2, 0.25) is 0 Å². The number of Topliss-reactive ketones (excluding diaryl/α,β-unsaturated/α-hetero) is 1. The van der Waals surface area contributed by atoms with Crippen molar-refractivity contribution in [1.82, 2.24) is 0 Å². The summed E-state index contributed by atoms with van der Waals surface area (Å²) in [5.74, 6) is -0.413. The van der Waals surface area contributed by atoms with Crippen molar-refractivity contribution in [2.24, 2.45) is 0 Å². The van der Waals surface area contributed by atoms with E-state index in [9.17, 15) is 15.0 Å². The number of fused-ring (bicyclic) bond motifs is 1. The summed E-state index contributed by atoms with van der Waals surface area (Å²) in [6.45, 7) is -0.428. The van der Waals surface area contributed by atoms with Crippen molar-refractivity contribution in [3.05, 3.63) is 77.2 Å². The normalized spacial score (nSPS) is 25.4. The van der Waals surface area contributed by atoms with Gasteiger partial charge in [-0.25, -0.2) is 0 Å². The number of benzene rings is 2. The second-order valence-corrected chi connectivity index (χ2v) is 5.95. The highest BCUT2D eigenvalue weighted by atomic mass is 16.5. The Balaban J connectivity index is 1.91. The van der Waals surface area contributed by atoms with E-state index in [1.165, 1.54) is 0 Å². The van der Waals surface area contributed by atoms with Crippen LogP contribution < -0.4 is 5.32 Å². The third-order valence-corrected chi connectivity index (χ3v) is 4.52. The maximum atomic E-state index is 12.8. The highest BCUT2D eigenvalue weighted by Crippen LogP contribution is 2.44. The van der Waals surface area contributed by atoms with Crippen LogP contribution in [-0.2, 0) is 9.53 Å². The van der Waals surface area contributed by atoms with E-state index >= 15 is 0 Å². The minimum atomic E-state index is -1.37. The molecule has 0 saturated heterocycles. The van der Waals surface area contributed by atoms with Crippen LogP contribution >= 0.6 is 0 Å². The first-order valence-electron chi connectivity index (χ1n) is 7.85. The second-order valence-electron chi connectivity index (χ2n) is 5.95. The molecule has 0 spiro atoms. The van der Waals surface area contributed by atoms with Gasteiger partial charge < -0.3 is 20.3 Å². The summed E-state index contributed by atoms with van der Waals surface area (Å²) in [5, 5.41) is 22.7. The van der Waals surface area contributed by atoms with Gasteiger partial charge in [0.2, 0.25) is 0 Å². The molecule has 3 N–H and O–H groups in total. The van der Waals surface area contributed by atoms with Gasteiger partial charge in [-0.2, -0.15) is 0 Å². The Morgan fingerprint density at radius 2 is 1.75 bits per heavy atom. The smallest absolute Gasteiger partial charge is 0.199 e. The standard InChI is InChI=1S/C19H17NO4/c21-10-14-17(22)18(23)16-15(11-6-2-1-3-7-11)12-8-4-5-9-13(12)20-19(16)24-14/h1-9,14-15,17,20-22H,10H2/t14-,15+,17-/m1/s1. The number of ether oxygens (including phenoxy) is 1. The fourth-order valence-corrected chi connectivity index (χ4v) is 3.36. The van der Waals surface area contributed by atoms with Crippen LogP contribution in [0.4, 0.5) is 5.69 Å². The maximum absolute atomic E-state index is 12.8. The molecule has 3 atom stereocenters. The highest BCUT2D eigenvalue weighted by Gasteiger charge is 2.44. The molecule has 2 aromatic carbocycles. The van der Waals surface area contributed by atoms with Gasteiger partial charge in [0.25, 0.3) is 0 Å². The van der Waals surface area contributed by atoms with Crippen molar-refractivity contribution in [2.75, 3.05) is 11.9 Å². The summed E-state index contributed by atoms with van der Waals surface area (Å²) >= 11 is 0. The van der Waals surface area contributed by atoms with Gasteiger partial charge in [0.15, 0.2) is 23.9 Å². The highest BCUT2D eigenvalue weighted by molar-refractivity contribution is 6.03. The third-order valence-electron chi connectivity index (χ3n) is 4.52. The van der Waals surface area contributed by atoms with Gasteiger partial charge in [-0.1, -0.05) is 48.5 Å². The first-order chi connectivity index (χ1) is 11.7.